The molecule has 0 aliphatic heterocycles. The second kappa shape index (κ2) is 9.84. The van der Waals surface area contributed by atoms with Gasteiger partial charge in [-0.25, -0.2) is 4.79 Å². The van der Waals surface area contributed by atoms with Crippen molar-refractivity contribution in [1.29, 1.82) is 0 Å². The Hall–Kier alpha value is -3.74. The number of carbonyl (C=O) groups excluding carboxylic acids is 2. The second-order valence-corrected chi connectivity index (χ2v) is 6.82. The van der Waals surface area contributed by atoms with Gasteiger partial charge < -0.3 is 24.3 Å². The van der Waals surface area contributed by atoms with Gasteiger partial charge in [0, 0.05) is 0 Å². The van der Waals surface area contributed by atoms with Crippen LogP contribution in [0.3, 0.4) is 0 Å². The van der Waals surface area contributed by atoms with Crippen LogP contribution in [0.4, 0.5) is 0 Å². The molecular formula is C24H25NO6. The van der Waals surface area contributed by atoms with E-state index in [9.17, 15) is 9.59 Å². The molecule has 0 aromatic heterocycles. The first-order chi connectivity index (χ1) is 15.0. The Bertz CT molecular complexity index is 1090. The lowest BCUT2D eigenvalue weighted by atomic mass is 10.00. The molecule has 3 rings (SSSR count). The Morgan fingerprint density at radius 2 is 1.58 bits per heavy atom. The lowest BCUT2D eigenvalue weighted by Crippen LogP contribution is -2.31. The zero-order valence-electron chi connectivity index (χ0n) is 17.9. The number of hydrogen-bond donors (Lipinski definition) is 1. The van der Waals surface area contributed by atoms with Gasteiger partial charge in [0.15, 0.2) is 18.1 Å². The summed E-state index contributed by atoms with van der Waals surface area (Å²) in [5, 5.41) is 5.02. The van der Waals surface area contributed by atoms with Crippen LogP contribution in [0.1, 0.15) is 28.9 Å². The van der Waals surface area contributed by atoms with Crippen molar-refractivity contribution in [3.8, 4) is 17.2 Å². The van der Waals surface area contributed by atoms with Crippen LogP contribution < -0.4 is 19.5 Å². The Morgan fingerprint density at radius 3 is 2.29 bits per heavy atom. The lowest BCUT2D eigenvalue weighted by molar-refractivity contribution is -0.124. The van der Waals surface area contributed by atoms with Gasteiger partial charge in [-0.3, -0.25) is 4.79 Å². The molecule has 1 N–H and O–H groups in total. The summed E-state index contributed by atoms with van der Waals surface area (Å²) in [6.45, 7) is 1.46. The van der Waals surface area contributed by atoms with E-state index in [2.05, 4.69) is 5.32 Å². The number of nitrogens with one attached hydrogen (secondary N) is 1. The molecule has 0 unspecified atom stereocenters. The third kappa shape index (κ3) is 4.71. The molecule has 0 heterocycles. The predicted octanol–water partition coefficient (Wildman–Crippen LogP) is 3.90. The van der Waals surface area contributed by atoms with Crippen molar-refractivity contribution in [3.63, 3.8) is 0 Å². The van der Waals surface area contributed by atoms with Crippen LogP contribution in [0.2, 0.25) is 0 Å². The number of hydrogen-bond acceptors (Lipinski definition) is 6. The fourth-order valence-electron chi connectivity index (χ4n) is 3.46. The highest BCUT2D eigenvalue weighted by Crippen LogP contribution is 2.39. The third-order valence-corrected chi connectivity index (χ3v) is 4.93. The highest BCUT2D eigenvalue weighted by Gasteiger charge is 2.22. The van der Waals surface area contributed by atoms with E-state index >= 15 is 0 Å². The van der Waals surface area contributed by atoms with Gasteiger partial charge in [-0.15, -0.1) is 0 Å². The molecule has 0 aliphatic carbocycles. The van der Waals surface area contributed by atoms with Gasteiger partial charge in [-0.2, -0.15) is 0 Å². The number of carbonyl (C=O) groups is 2. The third-order valence-electron chi connectivity index (χ3n) is 4.93. The molecule has 31 heavy (non-hydrogen) atoms. The van der Waals surface area contributed by atoms with E-state index in [1.807, 2.05) is 49.4 Å². The van der Waals surface area contributed by atoms with Crippen molar-refractivity contribution in [2.24, 2.45) is 0 Å². The van der Waals surface area contributed by atoms with Crippen molar-refractivity contribution in [2.75, 3.05) is 27.9 Å². The highest BCUT2D eigenvalue weighted by molar-refractivity contribution is 5.95. The first-order valence-corrected chi connectivity index (χ1v) is 9.73. The van der Waals surface area contributed by atoms with E-state index < -0.39 is 18.5 Å². The van der Waals surface area contributed by atoms with Gasteiger partial charge in [0.2, 0.25) is 5.75 Å². The minimum atomic E-state index is -0.703. The molecule has 0 saturated heterocycles. The minimum Gasteiger partial charge on any atom is -0.493 e. The maximum absolute atomic E-state index is 12.5. The first kappa shape index (κ1) is 22.0. The van der Waals surface area contributed by atoms with Gasteiger partial charge in [-0.1, -0.05) is 42.5 Å². The fraction of sp³-hybridized carbons (Fsp3) is 0.250. The number of methoxy groups -OCH3 is 3. The van der Waals surface area contributed by atoms with Gasteiger partial charge in [0.25, 0.3) is 5.91 Å². The summed E-state index contributed by atoms with van der Waals surface area (Å²) in [6, 6.07) is 16.7. The molecular weight excluding hydrogens is 398 g/mol. The number of ether oxygens (including phenoxy) is 4. The van der Waals surface area contributed by atoms with Crippen LogP contribution in [0, 0.1) is 0 Å². The summed E-state index contributed by atoms with van der Waals surface area (Å²) < 4.78 is 21.0. The van der Waals surface area contributed by atoms with Crippen LogP contribution in [-0.4, -0.2) is 39.8 Å². The molecule has 7 nitrogen and oxygen atoms in total. The van der Waals surface area contributed by atoms with E-state index in [4.69, 9.17) is 18.9 Å². The van der Waals surface area contributed by atoms with Crippen LogP contribution >= 0.6 is 0 Å². The van der Waals surface area contributed by atoms with Gasteiger partial charge in [0.1, 0.15) is 5.56 Å². The van der Waals surface area contributed by atoms with Crippen molar-refractivity contribution in [3.05, 3.63) is 65.7 Å². The maximum atomic E-state index is 12.5. The van der Waals surface area contributed by atoms with E-state index in [-0.39, 0.29) is 23.1 Å². The largest absolute Gasteiger partial charge is 0.493 e. The summed E-state index contributed by atoms with van der Waals surface area (Å²) in [5.41, 5.74) is 1.12. The number of amides is 1. The molecule has 162 valence electrons. The van der Waals surface area contributed by atoms with E-state index in [1.165, 1.54) is 27.4 Å². The van der Waals surface area contributed by atoms with Crippen LogP contribution in [-0.2, 0) is 9.53 Å². The lowest BCUT2D eigenvalue weighted by Gasteiger charge is -2.17. The van der Waals surface area contributed by atoms with E-state index in [1.54, 1.807) is 6.07 Å². The molecule has 3 aromatic rings. The Morgan fingerprint density at radius 1 is 0.871 bits per heavy atom. The molecule has 3 aromatic carbocycles. The molecule has 0 spiro atoms. The highest BCUT2D eigenvalue weighted by atomic mass is 16.5. The molecule has 1 amide bonds. The molecule has 7 heteroatoms. The molecule has 1 atom stereocenters. The van der Waals surface area contributed by atoms with Crippen molar-refractivity contribution in [2.45, 2.75) is 13.0 Å². The quantitative estimate of drug-likeness (QED) is 0.554. The standard InChI is InChI=1S/C24H25NO6/c1-15(17-11-7-9-16-8-5-6-10-18(16)17)25-21(26)14-31-24(27)19-12-13-20(28-2)23(30-4)22(19)29-3/h5-13,15H,14H2,1-4H3,(H,25,26)/t15-/m1/s1. The normalized spacial score (nSPS) is 11.5. The Kier molecular flexibility index (Phi) is 6.97. The second-order valence-electron chi connectivity index (χ2n) is 6.82. The summed E-state index contributed by atoms with van der Waals surface area (Å²) in [7, 11) is 4.33. The van der Waals surface area contributed by atoms with E-state index in [0.29, 0.717) is 5.75 Å². The summed E-state index contributed by atoms with van der Waals surface area (Å²) in [6.07, 6.45) is 0. The fourth-order valence-corrected chi connectivity index (χ4v) is 3.46. The van der Waals surface area contributed by atoms with Crippen LogP contribution in [0.15, 0.2) is 54.6 Å². The molecule has 0 fully saturated rings. The number of benzene rings is 3. The average Bonchev–Trinajstić information content (AvgIpc) is 2.80. The van der Waals surface area contributed by atoms with Crippen molar-refractivity contribution in [1.82, 2.24) is 5.32 Å². The predicted molar refractivity (Wildman–Crippen MR) is 117 cm³/mol. The molecule has 0 aliphatic rings. The molecule has 0 radical (unpaired) electrons. The number of esters is 1. The number of fused-ring (bicyclic) bond motifs is 1. The zero-order valence-corrected chi connectivity index (χ0v) is 17.9. The van der Waals surface area contributed by atoms with Gasteiger partial charge in [0.05, 0.1) is 27.4 Å². The van der Waals surface area contributed by atoms with Gasteiger partial charge in [-0.05, 0) is 35.4 Å². The topological polar surface area (TPSA) is 83.1 Å². The van der Waals surface area contributed by atoms with Crippen molar-refractivity contribution >= 4 is 22.6 Å². The van der Waals surface area contributed by atoms with Gasteiger partial charge >= 0.3 is 5.97 Å². The Balaban J connectivity index is 1.67. The smallest absolute Gasteiger partial charge is 0.342 e. The first-order valence-electron chi connectivity index (χ1n) is 9.73. The average molecular weight is 423 g/mol. The van der Waals surface area contributed by atoms with Crippen LogP contribution in [0.5, 0.6) is 17.2 Å². The van der Waals surface area contributed by atoms with Crippen LogP contribution in [0.25, 0.3) is 10.8 Å². The molecule has 0 bridgehead atoms. The summed E-state index contributed by atoms with van der Waals surface area (Å²) in [4.78, 5) is 25.0. The van der Waals surface area contributed by atoms with E-state index in [0.717, 1.165) is 16.3 Å². The SMILES string of the molecule is COc1ccc(C(=O)OCC(=O)N[C@H](C)c2cccc3ccccc23)c(OC)c1OC. The monoisotopic (exact) mass is 423 g/mol. The number of rotatable bonds is 8. The Labute approximate surface area is 180 Å². The zero-order chi connectivity index (χ0) is 22.4. The van der Waals surface area contributed by atoms with Crippen molar-refractivity contribution < 1.29 is 28.5 Å². The summed E-state index contributed by atoms with van der Waals surface area (Å²) in [5.74, 6) is -0.249. The maximum Gasteiger partial charge on any atom is 0.342 e. The summed E-state index contributed by atoms with van der Waals surface area (Å²) >= 11 is 0. The molecule has 0 saturated carbocycles. The minimum absolute atomic E-state index is 0.134.